The topological polar surface area (TPSA) is 94.0 Å². The zero-order valence-electron chi connectivity index (χ0n) is 9.14. The van der Waals surface area contributed by atoms with Gasteiger partial charge in [0.05, 0.1) is 19.8 Å². The smallest absolute Gasteiger partial charge is 0.321 e. The van der Waals surface area contributed by atoms with Gasteiger partial charge in [0.1, 0.15) is 5.82 Å². The Morgan fingerprint density at radius 1 is 1.44 bits per heavy atom. The van der Waals surface area contributed by atoms with E-state index in [-0.39, 0.29) is 6.01 Å². The highest BCUT2D eigenvalue weighted by atomic mass is 16.5. The fourth-order valence-corrected chi connectivity index (χ4v) is 1.07. The number of unbranched alkanes of at least 4 members (excludes halogenated alkanes) is 2. The first-order chi connectivity index (χ1) is 7.76. The van der Waals surface area contributed by atoms with Crippen molar-refractivity contribution in [1.29, 1.82) is 5.26 Å². The summed E-state index contributed by atoms with van der Waals surface area (Å²) in [6.45, 7) is 0.501. The largest absolute Gasteiger partial charge is 0.477 e. The molecule has 1 heterocycles. The molecule has 0 spiro atoms. The van der Waals surface area contributed by atoms with Gasteiger partial charge in [-0.1, -0.05) is 0 Å². The maximum absolute atomic E-state index is 8.34. The number of hydrogen-bond donors (Lipinski definition) is 1. The van der Waals surface area contributed by atoms with Crippen LogP contribution in [0.15, 0.2) is 6.07 Å². The van der Waals surface area contributed by atoms with Gasteiger partial charge < -0.3 is 15.2 Å². The third-order valence-corrected chi connectivity index (χ3v) is 1.82. The van der Waals surface area contributed by atoms with Crippen LogP contribution in [0.4, 0.5) is 5.82 Å². The molecule has 0 aromatic carbocycles. The first-order valence-electron chi connectivity index (χ1n) is 4.94. The Hall–Kier alpha value is -2.03. The molecule has 2 N–H and O–H groups in total. The minimum absolute atomic E-state index is 0.187. The Morgan fingerprint density at radius 3 is 2.94 bits per heavy atom. The molecule has 0 unspecified atom stereocenters. The minimum Gasteiger partial charge on any atom is -0.477 e. The molecule has 0 atom stereocenters. The summed E-state index contributed by atoms with van der Waals surface area (Å²) in [5.74, 6) is 0.695. The molecular formula is C10H14N4O2. The molecule has 0 radical (unpaired) electrons. The van der Waals surface area contributed by atoms with Crippen molar-refractivity contribution >= 4 is 5.82 Å². The van der Waals surface area contributed by atoms with Crippen LogP contribution in [0.3, 0.4) is 0 Å². The Balaban J connectivity index is 2.41. The summed E-state index contributed by atoms with van der Waals surface area (Å²) < 4.78 is 10.2. The summed E-state index contributed by atoms with van der Waals surface area (Å²) >= 11 is 0. The number of rotatable bonds is 6. The third-order valence-electron chi connectivity index (χ3n) is 1.82. The van der Waals surface area contributed by atoms with E-state index in [4.69, 9.17) is 20.5 Å². The zero-order valence-corrected chi connectivity index (χ0v) is 9.14. The van der Waals surface area contributed by atoms with Crippen molar-refractivity contribution in [2.24, 2.45) is 0 Å². The van der Waals surface area contributed by atoms with Crippen LogP contribution in [-0.4, -0.2) is 23.7 Å². The van der Waals surface area contributed by atoms with Gasteiger partial charge in [-0.2, -0.15) is 15.2 Å². The van der Waals surface area contributed by atoms with E-state index in [0.717, 1.165) is 12.8 Å². The molecule has 1 aromatic rings. The Morgan fingerprint density at radius 2 is 2.25 bits per heavy atom. The molecule has 0 fully saturated rings. The number of hydrogen-bond acceptors (Lipinski definition) is 6. The Labute approximate surface area is 94.0 Å². The van der Waals surface area contributed by atoms with E-state index in [1.165, 1.54) is 13.2 Å². The molecule has 86 valence electrons. The molecule has 0 bridgehead atoms. The second kappa shape index (κ2) is 6.45. The molecule has 0 aliphatic rings. The molecule has 0 saturated carbocycles. The lowest BCUT2D eigenvalue weighted by Gasteiger charge is -2.06. The summed E-state index contributed by atoms with van der Waals surface area (Å²) in [4.78, 5) is 7.80. The van der Waals surface area contributed by atoms with Gasteiger partial charge in [-0.15, -0.1) is 0 Å². The van der Waals surface area contributed by atoms with Crippen LogP contribution in [0.5, 0.6) is 11.9 Å². The Bertz CT molecular complexity index is 376. The maximum Gasteiger partial charge on any atom is 0.321 e. The highest BCUT2D eigenvalue weighted by molar-refractivity contribution is 5.34. The van der Waals surface area contributed by atoms with Crippen molar-refractivity contribution in [3.8, 4) is 18.0 Å². The fraction of sp³-hybridized carbons (Fsp3) is 0.500. The third kappa shape index (κ3) is 4.00. The van der Waals surface area contributed by atoms with Crippen LogP contribution in [-0.2, 0) is 0 Å². The zero-order chi connectivity index (χ0) is 11.8. The van der Waals surface area contributed by atoms with Crippen molar-refractivity contribution in [2.75, 3.05) is 19.5 Å². The molecule has 0 aliphatic heterocycles. The standard InChI is InChI=1S/C10H14N4O2/c1-15-10-13-8(12)7-9(14-10)16-6-4-2-3-5-11/h7H,2-4,6H2,1H3,(H2,12,13,14). The number of nitriles is 1. The highest BCUT2D eigenvalue weighted by Crippen LogP contribution is 2.15. The van der Waals surface area contributed by atoms with E-state index < -0.39 is 0 Å². The van der Waals surface area contributed by atoms with E-state index in [1.54, 1.807) is 0 Å². The van der Waals surface area contributed by atoms with Gasteiger partial charge >= 0.3 is 6.01 Å². The number of nitrogens with two attached hydrogens (primary N) is 1. The molecule has 6 heteroatoms. The normalized spacial score (nSPS) is 9.50. The second-order valence-electron chi connectivity index (χ2n) is 3.08. The number of nitrogen functional groups attached to an aromatic ring is 1. The summed E-state index contributed by atoms with van der Waals surface area (Å²) in [7, 11) is 1.46. The van der Waals surface area contributed by atoms with Crippen molar-refractivity contribution < 1.29 is 9.47 Å². The minimum atomic E-state index is 0.187. The average molecular weight is 222 g/mol. The predicted molar refractivity (Wildman–Crippen MR) is 58.0 cm³/mol. The number of anilines is 1. The molecule has 0 aliphatic carbocycles. The van der Waals surface area contributed by atoms with Crippen LogP contribution >= 0.6 is 0 Å². The molecule has 6 nitrogen and oxygen atoms in total. The van der Waals surface area contributed by atoms with Crippen LogP contribution in [0.25, 0.3) is 0 Å². The van der Waals surface area contributed by atoms with Crippen LogP contribution in [0.2, 0.25) is 0 Å². The lowest BCUT2D eigenvalue weighted by Crippen LogP contribution is -2.03. The molecule has 16 heavy (non-hydrogen) atoms. The lowest BCUT2D eigenvalue weighted by molar-refractivity contribution is 0.287. The predicted octanol–water partition coefficient (Wildman–Crippen LogP) is 1.14. The van der Waals surface area contributed by atoms with Gasteiger partial charge in [-0.05, 0) is 12.8 Å². The number of nitrogens with zero attached hydrogens (tertiary/aromatic N) is 3. The van der Waals surface area contributed by atoms with E-state index in [0.29, 0.717) is 24.7 Å². The van der Waals surface area contributed by atoms with Gasteiger partial charge in [-0.25, -0.2) is 0 Å². The molecular weight excluding hydrogens is 208 g/mol. The van der Waals surface area contributed by atoms with Gasteiger partial charge in [0.15, 0.2) is 0 Å². The summed E-state index contributed by atoms with van der Waals surface area (Å²) in [6.07, 6.45) is 2.16. The molecule has 0 saturated heterocycles. The van der Waals surface area contributed by atoms with Crippen molar-refractivity contribution in [1.82, 2.24) is 9.97 Å². The van der Waals surface area contributed by atoms with E-state index in [9.17, 15) is 0 Å². The quantitative estimate of drug-likeness (QED) is 0.725. The van der Waals surface area contributed by atoms with Crippen LogP contribution < -0.4 is 15.2 Å². The van der Waals surface area contributed by atoms with Gasteiger partial charge in [0, 0.05) is 12.5 Å². The second-order valence-corrected chi connectivity index (χ2v) is 3.08. The molecule has 1 aromatic heterocycles. The number of aromatic nitrogens is 2. The summed E-state index contributed by atoms with van der Waals surface area (Å²) in [5.41, 5.74) is 5.53. The molecule has 0 amide bonds. The van der Waals surface area contributed by atoms with Crippen molar-refractivity contribution in [3.63, 3.8) is 0 Å². The summed E-state index contributed by atoms with van der Waals surface area (Å²) in [5, 5.41) is 8.34. The van der Waals surface area contributed by atoms with Crippen molar-refractivity contribution in [2.45, 2.75) is 19.3 Å². The van der Waals surface area contributed by atoms with E-state index in [1.807, 2.05) is 0 Å². The van der Waals surface area contributed by atoms with Crippen LogP contribution in [0.1, 0.15) is 19.3 Å². The highest BCUT2D eigenvalue weighted by Gasteiger charge is 2.03. The van der Waals surface area contributed by atoms with Crippen molar-refractivity contribution in [3.05, 3.63) is 6.07 Å². The maximum atomic E-state index is 8.34. The van der Waals surface area contributed by atoms with Gasteiger partial charge in [0.2, 0.25) is 5.88 Å². The molecule has 1 rings (SSSR count). The number of methoxy groups -OCH3 is 1. The monoisotopic (exact) mass is 222 g/mol. The number of ether oxygens (including phenoxy) is 2. The van der Waals surface area contributed by atoms with Gasteiger partial charge in [0.25, 0.3) is 0 Å². The first kappa shape index (κ1) is 12.0. The average Bonchev–Trinajstić information content (AvgIpc) is 2.28. The first-order valence-corrected chi connectivity index (χ1v) is 4.94. The van der Waals surface area contributed by atoms with Gasteiger partial charge in [-0.3, -0.25) is 0 Å². The SMILES string of the molecule is COc1nc(N)cc(OCCCCC#N)n1. The van der Waals surface area contributed by atoms with E-state index >= 15 is 0 Å². The van der Waals surface area contributed by atoms with Crippen LogP contribution in [0, 0.1) is 11.3 Å². The summed E-state index contributed by atoms with van der Waals surface area (Å²) in [6, 6.07) is 3.79. The lowest BCUT2D eigenvalue weighted by atomic mass is 10.3. The fourth-order valence-electron chi connectivity index (χ4n) is 1.07. The Kier molecular flexibility index (Phi) is 4.86. The van der Waals surface area contributed by atoms with E-state index in [2.05, 4.69) is 16.0 Å².